The van der Waals surface area contributed by atoms with Crippen LogP contribution in [0.25, 0.3) is 16.6 Å². The number of nitrogens with one attached hydrogen (secondary N) is 1. The molecule has 154 valence electrons. The van der Waals surface area contributed by atoms with E-state index >= 15 is 0 Å². The number of nitrogens with zero attached hydrogens (tertiary/aromatic N) is 4. The van der Waals surface area contributed by atoms with E-state index in [-0.39, 0.29) is 16.9 Å². The van der Waals surface area contributed by atoms with Crippen LogP contribution in [-0.2, 0) is 10.8 Å². The monoisotopic (exact) mass is 427 g/mol. The van der Waals surface area contributed by atoms with Crippen LogP contribution in [0.5, 0.6) is 0 Å². The van der Waals surface area contributed by atoms with Crippen LogP contribution in [0.15, 0.2) is 58.7 Å². The van der Waals surface area contributed by atoms with Gasteiger partial charge in [0.1, 0.15) is 22.4 Å². The Kier molecular flexibility index (Phi) is 5.40. The summed E-state index contributed by atoms with van der Waals surface area (Å²) >= 11 is 0. The lowest BCUT2D eigenvalue weighted by Gasteiger charge is -2.14. The summed E-state index contributed by atoms with van der Waals surface area (Å²) in [6.45, 7) is 1.89. The second kappa shape index (κ2) is 8.15. The minimum atomic E-state index is -1.35. The predicted octanol–water partition coefficient (Wildman–Crippen LogP) is 3.17. The third-order valence-electron chi connectivity index (χ3n) is 4.62. The molecule has 1 N–H and O–H groups in total. The highest BCUT2D eigenvalue weighted by Crippen LogP contribution is 2.23. The van der Waals surface area contributed by atoms with E-state index in [9.17, 15) is 13.4 Å². The molecule has 8 nitrogen and oxygen atoms in total. The smallest absolute Gasteiger partial charge is 0.286 e. The van der Waals surface area contributed by atoms with Crippen molar-refractivity contribution in [1.82, 2.24) is 25.1 Å². The molecule has 30 heavy (non-hydrogen) atoms. The number of carbonyl (C=O) groups is 1. The van der Waals surface area contributed by atoms with Gasteiger partial charge in [0.05, 0.1) is 41.4 Å². The number of pyridine rings is 1. The fourth-order valence-corrected chi connectivity index (χ4v) is 3.50. The number of hydrogen-bond acceptors (Lipinski definition) is 6. The first-order valence-corrected chi connectivity index (χ1v) is 10.7. The summed E-state index contributed by atoms with van der Waals surface area (Å²) in [5.74, 6) is -0.270. The summed E-state index contributed by atoms with van der Waals surface area (Å²) < 4.78 is 31.9. The first-order valence-electron chi connectivity index (χ1n) is 9.15. The number of carbonyl (C=O) groups excluding carboxylic acids is 1. The molecule has 0 spiro atoms. The number of halogens is 1. The molecule has 0 aliphatic carbocycles. The van der Waals surface area contributed by atoms with Crippen LogP contribution < -0.4 is 5.32 Å². The number of oxazole rings is 1. The molecule has 0 fully saturated rings. The van der Waals surface area contributed by atoms with Gasteiger partial charge >= 0.3 is 0 Å². The lowest BCUT2D eigenvalue weighted by Crippen LogP contribution is -2.28. The molecular weight excluding hydrogens is 409 g/mol. The maximum atomic E-state index is 13.2. The average Bonchev–Trinajstić information content (AvgIpc) is 3.40. The molecular formula is C20H18FN5O3S. The van der Waals surface area contributed by atoms with Gasteiger partial charge in [-0.25, -0.2) is 18.3 Å². The Labute approximate surface area is 173 Å². The van der Waals surface area contributed by atoms with E-state index in [1.54, 1.807) is 29.2 Å². The zero-order chi connectivity index (χ0) is 21.3. The summed E-state index contributed by atoms with van der Waals surface area (Å²) in [7, 11) is -1.35. The number of hydrogen-bond donors (Lipinski definition) is 1. The zero-order valence-corrected chi connectivity index (χ0v) is 17.0. The van der Waals surface area contributed by atoms with Crippen molar-refractivity contribution in [2.24, 2.45) is 0 Å². The van der Waals surface area contributed by atoms with Crippen LogP contribution in [-0.4, -0.2) is 36.1 Å². The van der Waals surface area contributed by atoms with Gasteiger partial charge in [0.2, 0.25) is 0 Å². The Morgan fingerprint density at radius 3 is 2.67 bits per heavy atom. The predicted molar refractivity (Wildman–Crippen MR) is 108 cm³/mol. The largest absolute Gasteiger partial charge is 0.433 e. The van der Waals surface area contributed by atoms with Crippen molar-refractivity contribution in [3.05, 3.63) is 66.2 Å². The molecule has 0 bridgehead atoms. The minimum Gasteiger partial charge on any atom is -0.433 e. The summed E-state index contributed by atoms with van der Waals surface area (Å²) in [5.41, 5.74) is 1.61. The third-order valence-corrected chi connectivity index (χ3v) is 5.30. The lowest BCUT2D eigenvalue weighted by molar-refractivity contribution is 0.0930. The average molecular weight is 427 g/mol. The Bertz CT molecular complexity index is 1230. The van der Waals surface area contributed by atoms with Crippen molar-refractivity contribution in [1.29, 1.82) is 0 Å². The molecule has 1 aromatic carbocycles. The molecule has 4 aromatic rings. The molecule has 0 aliphatic rings. The van der Waals surface area contributed by atoms with Crippen molar-refractivity contribution in [2.75, 3.05) is 6.26 Å². The topological polar surface area (TPSA) is 103 Å². The van der Waals surface area contributed by atoms with Gasteiger partial charge in [-0.3, -0.25) is 9.78 Å². The Hall–Kier alpha value is -3.40. The summed E-state index contributed by atoms with van der Waals surface area (Å²) in [4.78, 5) is 21.1. The summed E-state index contributed by atoms with van der Waals surface area (Å²) in [6.07, 6.45) is 8.13. The van der Waals surface area contributed by atoms with E-state index in [1.165, 1.54) is 30.8 Å². The molecule has 0 saturated heterocycles. The number of rotatable bonds is 6. The van der Waals surface area contributed by atoms with Gasteiger partial charge in [-0.15, -0.1) is 0 Å². The van der Waals surface area contributed by atoms with Gasteiger partial charge < -0.3 is 9.73 Å². The molecule has 10 heteroatoms. The first-order chi connectivity index (χ1) is 14.5. The van der Waals surface area contributed by atoms with Crippen LogP contribution in [0.3, 0.4) is 0 Å². The molecule has 0 saturated carbocycles. The number of aromatic nitrogens is 4. The second-order valence-electron chi connectivity index (χ2n) is 6.57. The molecule has 2 unspecified atom stereocenters. The highest BCUT2D eigenvalue weighted by Gasteiger charge is 2.21. The van der Waals surface area contributed by atoms with Gasteiger partial charge in [-0.1, -0.05) is 6.92 Å². The molecule has 0 radical (unpaired) electrons. The highest BCUT2D eigenvalue weighted by molar-refractivity contribution is 7.84. The van der Waals surface area contributed by atoms with E-state index in [2.05, 4.69) is 20.4 Å². The fourth-order valence-electron chi connectivity index (χ4n) is 3.08. The van der Waals surface area contributed by atoms with Crippen LogP contribution >= 0.6 is 0 Å². The molecule has 3 heterocycles. The van der Waals surface area contributed by atoms with Crippen LogP contribution in [0.4, 0.5) is 4.39 Å². The molecule has 2 atom stereocenters. The molecule has 1 amide bonds. The van der Waals surface area contributed by atoms with Gasteiger partial charge in [0.15, 0.2) is 0 Å². The lowest BCUT2D eigenvalue weighted by atomic mass is 10.1. The SMILES string of the molecule is CCC(NC(=O)c1cncc2c1cnn2-c1ccc(F)cc1)c1cnc(S(C)=O)o1. The molecule has 4 rings (SSSR count). The van der Waals surface area contributed by atoms with E-state index in [0.717, 1.165) is 0 Å². The van der Waals surface area contributed by atoms with Crippen molar-refractivity contribution in [3.8, 4) is 5.69 Å². The fraction of sp³-hybridized carbons (Fsp3) is 0.200. The minimum absolute atomic E-state index is 0.113. The van der Waals surface area contributed by atoms with Crippen molar-refractivity contribution in [3.63, 3.8) is 0 Å². The van der Waals surface area contributed by atoms with Crippen LogP contribution in [0.1, 0.15) is 35.5 Å². The molecule has 0 aliphatic heterocycles. The van der Waals surface area contributed by atoms with Gasteiger partial charge in [-0.05, 0) is 30.7 Å². The second-order valence-corrected chi connectivity index (χ2v) is 7.83. The number of fused-ring (bicyclic) bond motifs is 1. The van der Waals surface area contributed by atoms with Crippen molar-refractivity contribution in [2.45, 2.75) is 24.6 Å². The molecule has 3 aromatic heterocycles. The number of benzene rings is 1. The van der Waals surface area contributed by atoms with Crippen molar-refractivity contribution < 1.29 is 17.8 Å². The van der Waals surface area contributed by atoms with E-state index in [0.29, 0.717) is 34.3 Å². The normalized spacial score (nSPS) is 13.3. The zero-order valence-electron chi connectivity index (χ0n) is 16.2. The maximum Gasteiger partial charge on any atom is 0.286 e. The van der Waals surface area contributed by atoms with Gasteiger partial charge in [0.25, 0.3) is 11.1 Å². The highest BCUT2D eigenvalue weighted by atomic mass is 32.2. The van der Waals surface area contributed by atoms with E-state index < -0.39 is 16.8 Å². The Morgan fingerprint density at radius 1 is 1.23 bits per heavy atom. The van der Waals surface area contributed by atoms with E-state index in [1.807, 2.05) is 6.92 Å². The maximum absolute atomic E-state index is 13.2. The third kappa shape index (κ3) is 3.73. The Balaban J connectivity index is 1.64. The standard InChI is InChI=1S/C20H18FN5O3S/c1-3-16(18-11-23-20(29-18)30(2)28)25-19(27)15-8-22-10-17-14(15)9-24-26(17)13-6-4-12(21)5-7-13/h4-11,16H,3H2,1-2H3,(H,25,27). The first kappa shape index (κ1) is 19.9. The summed E-state index contributed by atoms with van der Waals surface area (Å²) in [5, 5.41) is 7.95. The van der Waals surface area contributed by atoms with Crippen molar-refractivity contribution >= 4 is 27.6 Å². The Morgan fingerprint density at radius 2 is 2.00 bits per heavy atom. The summed E-state index contributed by atoms with van der Waals surface area (Å²) in [6, 6.07) is 5.44. The number of amides is 1. The van der Waals surface area contributed by atoms with E-state index in [4.69, 9.17) is 4.42 Å². The van der Waals surface area contributed by atoms with Crippen LogP contribution in [0.2, 0.25) is 0 Å². The van der Waals surface area contributed by atoms with Crippen LogP contribution in [0, 0.1) is 5.82 Å². The van der Waals surface area contributed by atoms with Gasteiger partial charge in [0, 0.05) is 17.8 Å². The van der Waals surface area contributed by atoms with Gasteiger partial charge in [-0.2, -0.15) is 5.10 Å². The quantitative estimate of drug-likeness (QED) is 0.507.